The van der Waals surface area contributed by atoms with E-state index in [0.29, 0.717) is 11.2 Å². The standard InChI is InChI=1S/C11H14ClIN4/c1-7-9(13)10(12)15-11(14-7)8-6-16-2-4-17(8)5-3-16/h8H,2-6H2,1H3. The fourth-order valence-corrected chi connectivity index (χ4v) is 3.02. The molecule has 4 heterocycles. The Balaban J connectivity index is 1.94. The molecule has 0 aromatic carbocycles. The van der Waals surface area contributed by atoms with E-state index in [0.717, 1.165) is 34.7 Å². The molecule has 0 radical (unpaired) electrons. The fourth-order valence-electron chi connectivity index (χ4n) is 2.56. The zero-order chi connectivity index (χ0) is 12.0. The van der Waals surface area contributed by atoms with Crippen LogP contribution in [0.3, 0.4) is 0 Å². The first-order valence-electron chi connectivity index (χ1n) is 5.81. The second-order valence-electron chi connectivity index (χ2n) is 4.62. The summed E-state index contributed by atoms with van der Waals surface area (Å²) in [5, 5.41) is 0.589. The number of piperazine rings is 3. The molecule has 1 aromatic heterocycles. The van der Waals surface area contributed by atoms with Gasteiger partial charge in [0.25, 0.3) is 0 Å². The molecule has 3 aliphatic rings. The molecule has 6 heteroatoms. The van der Waals surface area contributed by atoms with Gasteiger partial charge in [-0.3, -0.25) is 9.80 Å². The van der Waals surface area contributed by atoms with Crippen molar-refractivity contribution in [2.75, 3.05) is 32.7 Å². The second-order valence-corrected chi connectivity index (χ2v) is 6.06. The van der Waals surface area contributed by atoms with Crippen molar-refractivity contribution in [3.63, 3.8) is 0 Å². The normalized spacial score (nSPS) is 31.8. The maximum atomic E-state index is 6.15. The van der Waals surface area contributed by atoms with Crippen molar-refractivity contribution in [1.29, 1.82) is 0 Å². The minimum atomic E-state index is 0.325. The monoisotopic (exact) mass is 364 g/mol. The molecule has 17 heavy (non-hydrogen) atoms. The number of aryl methyl sites for hydroxylation is 1. The van der Waals surface area contributed by atoms with Crippen LogP contribution >= 0.6 is 34.2 Å². The molecular formula is C11H14ClIN4. The summed E-state index contributed by atoms with van der Waals surface area (Å²) in [5.41, 5.74) is 0.984. The largest absolute Gasteiger partial charge is 0.299 e. The summed E-state index contributed by atoms with van der Waals surface area (Å²) in [7, 11) is 0. The van der Waals surface area contributed by atoms with E-state index in [-0.39, 0.29) is 0 Å². The van der Waals surface area contributed by atoms with Crippen molar-refractivity contribution >= 4 is 34.2 Å². The van der Waals surface area contributed by atoms with Gasteiger partial charge in [-0.1, -0.05) is 11.6 Å². The van der Waals surface area contributed by atoms with Gasteiger partial charge in [0.05, 0.1) is 15.3 Å². The molecule has 2 bridgehead atoms. The van der Waals surface area contributed by atoms with Crippen molar-refractivity contribution < 1.29 is 0 Å². The second kappa shape index (κ2) is 4.60. The van der Waals surface area contributed by atoms with E-state index in [1.54, 1.807) is 0 Å². The SMILES string of the molecule is Cc1nc(C2CN3CCN2CC3)nc(Cl)c1I. The van der Waals surface area contributed by atoms with Gasteiger partial charge in [-0.15, -0.1) is 0 Å². The summed E-state index contributed by atoms with van der Waals surface area (Å²) in [6.07, 6.45) is 0. The molecule has 0 saturated carbocycles. The number of hydrogen-bond acceptors (Lipinski definition) is 4. The third-order valence-electron chi connectivity index (χ3n) is 3.57. The molecule has 0 N–H and O–H groups in total. The fraction of sp³-hybridized carbons (Fsp3) is 0.636. The third-order valence-corrected chi connectivity index (χ3v) is 5.45. The number of fused-ring (bicyclic) bond motifs is 3. The van der Waals surface area contributed by atoms with Gasteiger partial charge in [0.15, 0.2) is 0 Å². The molecule has 1 aromatic rings. The summed E-state index contributed by atoms with van der Waals surface area (Å²) in [6, 6.07) is 0.325. The molecule has 1 atom stereocenters. The van der Waals surface area contributed by atoms with Crippen LogP contribution in [0, 0.1) is 10.5 Å². The van der Waals surface area contributed by atoms with Crippen LogP contribution < -0.4 is 0 Å². The highest BCUT2D eigenvalue weighted by atomic mass is 127. The molecule has 3 saturated heterocycles. The number of nitrogens with zero attached hydrogens (tertiary/aromatic N) is 4. The van der Waals surface area contributed by atoms with Crippen LogP contribution in [-0.4, -0.2) is 52.5 Å². The van der Waals surface area contributed by atoms with E-state index in [1.807, 2.05) is 6.92 Å². The van der Waals surface area contributed by atoms with Gasteiger partial charge in [-0.25, -0.2) is 9.97 Å². The Labute approximate surface area is 119 Å². The summed E-state index contributed by atoms with van der Waals surface area (Å²) in [4.78, 5) is 14.0. The quantitative estimate of drug-likeness (QED) is 0.561. The van der Waals surface area contributed by atoms with Gasteiger partial charge in [0.2, 0.25) is 0 Å². The topological polar surface area (TPSA) is 32.3 Å². The Morgan fingerprint density at radius 2 is 1.94 bits per heavy atom. The highest BCUT2D eigenvalue weighted by molar-refractivity contribution is 14.1. The molecule has 4 nitrogen and oxygen atoms in total. The maximum absolute atomic E-state index is 6.15. The number of rotatable bonds is 1. The first kappa shape index (κ1) is 12.1. The Hall–Kier alpha value is 0.0200. The zero-order valence-electron chi connectivity index (χ0n) is 9.66. The van der Waals surface area contributed by atoms with Crippen LogP contribution in [-0.2, 0) is 0 Å². The highest BCUT2D eigenvalue weighted by Crippen LogP contribution is 2.28. The molecule has 3 aliphatic heterocycles. The Kier molecular flexibility index (Phi) is 3.27. The third kappa shape index (κ3) is 2.18. The lowest BCUT2D eigenvalue weighted by atomic mass is 10.1. The average molecular weight is 365 g/mol. The Morgan fingerprint density at radius 1 is 1.24 bits per heavy atom. The summed E-state index contributed by atoms with van der Waals surface area (Å²) in [6.45, 7) is 7.63. The highest BCUT2D eigenvalue weighted by Gasteiger charge is 2.34. The van der Waals surface area contributed by atoms with Crippen molar-refractivity contribution in [3.05, 3.63) is 20.2 Å². The average Bonchev–Trinajstić information content (AvgIpc) is 2.36. The van der Waals surface area contributed by atoms with Gasteiger partial charge >= 0.3 is 0 Å². The maximum Gasteiger partial charge on any atom is 0.148 e. The van der Waals surface area contributed by atoms with E-state index in [1.165, 1.54) is 13.1 Å². The van der Waals surface area contributed by atoms with Gasteiger partial charge in [0, 0.05) is 32.7 Å². The van der Waals surface area contributed by atoms with Gasteiger partial charge in [-0.2, -0.15) is 0 Å². The van der Waals surface area contributed by atoms with Crippen LogP contribution in [0.1, 0.15) is 17.6 Å². The minimum absolute atomic E-state index is 0.325. The minimum Gasteiger partial charge on any atom is -0.299 e. The molecule has 3 fully saturated rings. The van der Waals surface area contributed by atoms with E-state index >= 15 is 0 Å². The van der Waals surface area contributed by atoms with Gasteiger partial charge in [0.1, 0.15) is 11.0 Å². The van der Waals surface area contributed by atoms with E-state index < -0.39 is 0 Å². The molecule has 4 rings (SSSR count). The Bertz CT molecular complexity index is 422. The van der Waals surface area contributed by atoms with Crippen molar-refractivity contribution in [2.45, 2.75) is 13.0 Å². The zero-order valence-corrected chi connectivity index (χ0v) is 12.6. The van der Waals surface area contributed by atoms with Gasteiger partial charge < -0.3 is 0 Å². The first-order valence-corrected chi connectivity index (χ1v) is 7.27. The van der Waals surface area contributed by atoms with Crippen LogP contribution in [0.15, 0.2) is 0 Å². The van der Waals surface area contributed by atoms with Crippen LogP contribution in [0.25, 0.3) is 0 Å². The number of halogens is 2. The molecule has 0 amide bonds. The molecule has 92 valence electrons. The van der Waals surface area contributed by atoms with Crippen LogP contribution in [0.5, 0.6) is 0 Å². The lowest BCUT2D eigenvalue weighted by molar-refractivity contribution is 0.00857. The lowest BCUT2D eigenvalue weighted by Crippen LogP contribution is -2.57. The van der Waals surface area contributed by atoms with Crippen LogP contribution in [0.4, 0.5) is 0 Å². The molecule has 0 aliphatic carbocycles. The predicted octanol–water partition coefficient (Wildman–Crippen LogP) is 1.72. The van der Waals surface area contributed by atoms with E-state index in [4.69, 9.17) is 11.6 Å². The lowest BCUT2D eigenvalue weighted by Gasteiger charge is -2.46. The van der Waals surface area contributed by atoms with E-state index in [2.05, 4.69) is 42.4 Å². The van der Waals surface area contributed by atoms with Crippen LogP contribution in [0.2, 0.25) is 5.15 Å². The molecule has 1 unspecified atom stereocenters. The van der Waals surface area contributed by atoms with Crippen molar-refractivity contribution in [2.24, 2.45) is 0 Å². The predicted molar refractivity (Wildman–Crippen MR) is 75.3 cm³/mol. The van der Waals surface area contributed by atoms with Crippen molar-refractivity contribution in [3.8, 4) is 0 Å². The Morgan fingerprint density at radius 3 is 2.47 bits per heavy atom. The summed E-state index contributed by atoms with van der Waals surface area (Å²) >= 11 is 8.35. The number of hydrogen-bond donors (Lipinski definition) is 0. The summed E-state index contributed by atoms with van der Waals surface area (Å²) < 4.78 is 0.962. The van der Waals surface area contributed by atoms with Crippen molar-refractivity contribution in [1.82, 2.24) is 19.8 Å². The number of aromatic nitrogens is 2. The summed E-state index contributed by atoms with van der Waals surface area (Å²) in [5.74, 6) is 0.886. The van der Waals surface area contributed by atoms with Gasteiger partial charge in [-0.05, 0) is 29.5 Å². The molecule has 0 spiro atoms. The first-order chi connectivity index (χ1) is 8.15. The molecular weight excluding hydrogens is 351 g/mol. The van der Waals surface area contributed by atoms with E-state index in [9.17, 15) is 0 Å². The smallest absolute Gasteiger partial charge is 0.148 e.